The minimum atomic E-state index is -0.783. The van der Waals surface area contributed by atoms with Crippen molar-refractivity contribution >= 4 is 0 Å². The van der Waals surface area contributed by atoms with Crippen LogP contribution >= 0.6 is 0 Å². The Morgan fingerprint density at radius 1 is 1.25 bits per heavy atom. The standard InChI is InChI=1S/C12H17NO3/c1-11(10-5-3-2-4-6-10)15-8-12(13,7-14)9-16-11/h2-6,14H,7-9,13H2,1H3. The molecule has 1 fully saturated rings. The van der Waals surface area contributed by atoms with E-state index in [0.717, 1.165) is 5.56 Å². The lowest BCUT2D eigenvalue weighted by atomic mass is 10.0. The van der Waals surface area contributed by atoms with Gasteiger partial charge in [0.15, 0.2) is 5.79 Å². The van der Waals surface area contributed by atoms with Crippen LogP contribution in [0.3, 0.4) is 0 Å². The summed E-state index contributed by atoms with van der Waals surface area (Å²) < 4.78 is 11.3. The maximum atomic E-state index is 9.11. The van der Waals surface area contributed by atoms with Gasteiger partial charge in [-0.05, 0) is 6.92 Å². The van der Waals surface area contributed by atoms with E-state index >= 15 is 0 Å². The Morgan fingerprint density at radius 2 is 1.81 bits per heavy atom. The number of nitrogens with two attached hydrogens (primary N) is 1. The van der Waals surface area contributed by atoms with Crippen molar-refractivity contribution in [1.29, 1.82) is 0 Å². The molecular formula is C12H17NO3. The van der Waals surface area contributed by atoms with Gasteiger partial charge in [-0.15, -0.1) is 0 Å². The Kier molecular flexibility index (Phi) is 2.99. The van der Waals surface area contributed by atoms with Gasteiger partial charge < -0.3 is 20.3 Å². The van der Waals surface area contributed by atoms with Crippen molar-refractivity contribution in [3.05, 3.63) is 35.9 Å². The Labute approximate surface area is 95.0 Å². The number of aliphatic hydroxyl groups excluding tert-OH is 1. The Hall–Kier alpha value is -0.940. The molecule has 1 heterocycles. The second-order valence-corrected chi connectivity index (χ2v) is 4.41. The van der Waals surface area contributed by atoms with Gasteiger partial charge >= 0.3 is 0 Å². The predicted octanol–water partition coefficient (Wildman–Crippen LogP) is 0.596. The number of hydrogen-bond acceptors (Lipinski definition) is 4. The van der Waals surface area contributed by atoms with E-state index in [1.54, 1.807) is 0 Å². The van der Waals surface area contributed by atoms with Crippen LogP contribution < -0.4 is 5.73 Å². The van der Waals surface area contributed by atoms with Crippen LogP contribution in [0.15, 0.2) is 30.3 Å². The Bertz CT molecular complexity index is 345. The third kappa shape index (κ3) is 2.10. The quantitative estimate of drug-likeness (QED) is 0.770. The van der Waals surface area contributed by atoms with Crippen molar-refractivity contribution in [2.75, 3.05) is 19.8 Å². The molecule has 1 aromatic rings. The molecular weight excluding hydrogens is 206 g/mol. The van der Waals surface area contributed by atoms with Crippen molar-refractivity contribution in [2.45, 2.75) is 18.2 Å². The van der Waals surface area contributed by atoms with Gasteiger partial charge in [0.2, 0.25) is 0 Å². The molecule has 0 amide bonds. The first kappa shape index (κ1) is 11.5. The maximum absolute atomic E-state index is 9.11. The first-order valence-corrected chi connectivity index (χ1v) is 5.31. The third-order valence-electron chi connectivity index (χ3n) is 2.88. The van der Waals surface area contributed by atoms with E-state index in [2.05, 4.69) is 0 Å². The molecule has 88 valence electrons. The van der Waals surface area contributed by atoms with Crippen molar-refractivity contribution in [2.24, 2.45) is 5.73 Å². The van der Waals surface area contributed by atoms with E-state index in [9.17, 15) is 0 Å². The molecule has 1 aliphatic heterocycles. The van der Waals surface area contributed by atoms with E-state index < -0.39 is 11.3 Å². The second-order valence-electron chi connectivity index (χ2n) is 4.41. The van der Waals surface area contributed by atoms with Crippen LogP contribution in [-0.4, -0.2) is 30.5 Å². The number of aliphatic hydroxyl groups is 1. The molecule has 3 N–H and O–H groups in total. The van der Waals surface area contributed by atoms with Gasteiger partial charge in [-0.2, -0.15) is 0 Å². The minimum absolute atomic E-state index is 0.141. The zero-order valence-electron chi connectivity index (χ0n) is 9.35. The molecule has 0 spiro atoms. The number of hydrogen-bond donors (Lipinski definition) is 2. The Balaban J connectivity index is 2.13. The fourth-order valence-corrected chi connectivity index (χ4v) is 1.65. The van der Waals surface area contributed by atoms with E-state index in [0.29, 0.717) is 0 Å². The van der Waals surface area contributed by atoms with Gasteiger partial charge in [0.05, 0.1) is 25.4 Å². The average Bonchev–Trinajstić information content (AvgIpc) is 2.35. The summed E-state index contributed by atoms with van der Waals surface area (Å²) in [6, 6.07) is 9.70. The van der Waals surface area contributed by atoms with Gasteiger partial charge in [-0.1, -0.05) is 30.3 Å². The molecule has 0 unspecified atom stereocenters. The summed E-state index contributed by atoms with van der Waals surface area (Å²) in [6.45, 7) is 2.29. The summed E-state index contributed by atoms with van der Waals surface area (Å²) in [6.07, 6.45) is 0. The van der Waals surface area contributed by atoms with Crippen LogP contribution in [-0.2, 0) is 15.3 Å². The van der Waals surface area contributed by atoms with Crippen molar-refractivity contribution in [3.8, 4) is 0 Å². The molecule has 0 aliphatic carbocycles. The third-order valence-corrected chi connectivity index (χ3v) is 2.88. The van der Waals surface area contributed by atoms with Gasteiger partial charge in [0.25, 0.3) is 0 Å². The van der Waals surface area contributed by atoms with Gasteiger partial charge in [0.1, 0.15) is 0 Å². The van der Waals surface area contributed by atoms with Gasteiger partial charge in [-0.25, -0.2) is 0 Å². The number of benzene rings is 1. The van der Waals surface area contributed by atoms with E-state index in [4.69, 9.17) is 20.3 Å². The van der Waals surface area contributed by atoms with Crippen LogP contribution in [0.1, 0.15) is 12.5 Å². The summed E-state index contributed by atoms with van der Waals surface area (Å²) in [4.78, 5) is 0. The SMILES string of the molecule is CC1(c2ccccc2)OCC(N)(CO)CO1. The summed E-state index contributed by atoms with van der Waals surface area (Å²) in [7, 11) is 0. The summed E-state index contributed by atoms with van der Waals surface area (Å²) >= 11 is 0. The molecule has 0 saturated carbocycles. The lowest BCUT2D eigenvalue weighted by Gasteiger charge is -2.42. The van der Waals surface area contributed by atoms with E-state index in [1.165, 1.54) is 0 Å². The first-order valence-electron chi connectivity index (χ1n) is 5.31. The summed E-state index contributed by atoms with van der Waals surface area (Å²) in [5.74, 6) is -0.765. The highest BCUT2D eigenvalue weighted by Gasteiger charge is 2.40. The highest BCUT2D eigenvalue weighted by atomic mass is 16.7. The topological polar surface area (TPSA) is 64.7 Å². The second kappa shape index (κ2) is 4.14. The van der Waals surface area contributed by atoms with Crippen LogP contribution in [0.25, 0.3) is 0 Å². The zero-order valence-corrected chi connectivity index (χ0v) is 9.35. The molecule has 0 bridgehead atoms. The molecule has 1 aromatic carbocycles. The van der Waals surface area contributed by atoms with Crippen LogP contribution in [0, 0.1) is 0 Å². The first-order chi connectivity index (χ1) is 7.58. The van der Waals surface area contributed by atoms with Crippen LogP contribution in [0.4, 0.5) is 0 Å². The fourth-order valence-electron chi connectivity index (χ4n) is 1.65. The smallest absolute Gasteiger partial charge is 0.192 e. The highest BCUT2D eigenvalue weighted by molar-refractivity contribution is 5.20. The number of ether oxygens (including phenoxy) is 2. The lowest BCUT2D eigenvalue weighted by Crippen LogP contribution is -2.59. The molecule has 0 radical (unpaired) electrons. The molecule has 0 aromatic heterocycles. The fraction of sp³-hybridized carbons (Fsp3) is 0.500. The summed E-state index contributed by atoms with van der Waals surface area (Å²) in [5.41, 5.74) is 6.03. The highest BCUT2D eigenvalue weighted by Crippen LogP contribution is 2.31. The Morgan fingerprint density at radius 3 is 2.31 bits per heavy atom. The van der Waals surface area contributed by atoms with Crippen LogP contribution in [0.2, 0.25) is 0 Å². The molecule has 4 nitrogen and oxygen atoms in total. The van der Waals surface area contributed by atoms with Crippen molar-refractivity contribution in [1.82, 2.24) is 0 Å². The monoisotopic (exact) mass is 223 g/mol. The van der Waals surface area contributed by atoms with E-state index in [1.807, 2.05) is 37.3 Å². The molecule has 16 heavy (non-hydrogen) atoms. The predicted molar refractivity (Wildman–Crippen MR) is 59.7 cm³/mol. The van der Waals surface area contributed by atoms with Gasteiger partial charge in [-0.3, -0.25) is 0 Å². The normalized spacial score (nSPS) is 34.9. The largest absolute Gasteiger partial charge is 0.394 e. The maximum Gasteiger partial charge on any atom is 0.192 e. The van der Waals surface area contributed by atoms with Crippen LogP contribution in [0.5, 0.6) is 0 Å². The summed E-state index contributed by atoms with van der Waals surface area (Å²) in [5, 5.41) is 9.11. The molecule has 4 heteroatoms. The average molecular weight is 223 g/mol. The molecule has 1 aliphatic rings. The molecule has 1 saturated heterocycles. The van der Waals surface area contributed by atoms with Gasteiger partial charge in [0, 0.05) is 5.56 Å². The lowest BCUT2D eigenvalue weighted by molar-refractivity contribution is -0.289. The zero-order chi connectivity index (χ0) is 11.6. The number of rotatable bonds is 2. The van der Waals surface area contributed by atoms with Crippen molar-refractivity contribution in [3.63, 3.8) is 0 Å². The molecule has 2 rings (SSSR count). The van der Waals surface area contributed by atoms with Crippen molar-refractivity contribution < 1.29 is 14.6 Å². The molecule has 0 atom stereocenters. The minimum Gasteiger partial charge on any atom is -0.394 e. The van der Waals surface area contributed by atoms with E-state index in [-0.39, 0.29) is 19.8 Å².